The van der Waals surface area contributed by atoms with Crippen molar-refractivity contribution >= 4 is 27.3 Å². The number of carbonyl (C=O) groups is 1. The third kappa shape index (κ3) is 4.10. The predicted molar refractivity (Wildman–Crippen MR) is 103 cm³/mol. The van der Waals surface area contributed by atoms with Crippen molar-refractivity contribution in [3.05, 3.63) is 90.0 Å². The number of para-hydroxylation sites is 1. The molecule has 0 aliphatic heterocycles. The van der Waals surface area contributed by atoms with E-state index in [0.717, 1.165) is 0 Å². The fraction of sp³-hybridized carbons (Fsp3) is 0.0500. The van der Waals surface area contributed by atoms with Gasteiger partial charge in [0.1, 0.15) is 0 Å². The van der Waals surface area contributed by atoms with Crippen LogP contribution in [-0.2, 0) is 10.0 Å². The van der Waals surface area contributed by atoms with Crippen LogP contribution in [0.1, 0.15) is 15.9 Å². The highest BCUT2D eigenvalue weighted by Gasteiger charge is 2.16. The maximum atomic E-state index is 12.5. The molecular formula is C20H18N2O3S. The monoisotopic (exact) mass is 366 g/mol. The minimum absolute atomic E-state index is 0.136. The highest BCUT2D eigenvalue weighted by molar-refractivity contribution is 7.92. The van der Waals surface area contributed by atoms with Gasteiger partial charge in [-0.05, 0) is 55.0 Å². The Balaban J connectivity index is 1.80. The quantitative estimate of drug-likeness (QED) is 0.715. The fourth-order valence-corrected chi connectivity index (χ4v) is 3.59. The Morgan fingerprint density at radius 3 is 2.08 bits per heavy atom. The smallest absolute Gasteiger partial charge is 0.261 e. The Bertz CT molecular complexity index is 1020. The minimum atomic E-state index is -3.70. The minimum Gasteiger partial charge on any atom is -0.322 e. The first-order valence-electron chi connectivity index (χ1n) is 8.01. The highest BCUT2D eigenvalue weighted by Crippen LogP contribution is 2.22. The standard InChI is InChI=1S/C20H18N2O3S/c1-15-14-18(26(24,25)22-17-10-6-3-7-11-17)12-13-19(15)21-20(23)16-8-4-2-5-9-16/h2-14,22H,1H3,(H,21,23). The van der Waals surface area contributed by atoms with Gasteiger partial charge in [-0.2, -0.15) is 0 Å². The Hall–Kier alpha value is -3.12. The maximum Gasteiger partial charge on any atom is 0.261 e. The SMILES string of the molecule is Cc1cc(S(=O)(=O)Nc2ccccc2)ccc1NC(=O)c1ccccc1. The lowest BCUT2D eigenvalue weighted by Gasteiger charge is -2.12. The van der Waals surface area contributed by atoms with Crippen LogP contribution in [0, 0.1) is 6.92 Å². The molecule has 0 unspecified atom stereocenters. The Labute approximate surface area is 152 Å². The van der Waals surface area contributed by atoms with Crippen molar-refractivity contribution in [2.45, 2.75) is 11.8 Å². The number of anilines is 2. The Kier molecular flexibility index (Phi) is 5.04. The van der Waals surface area contributed by atoms with Crippen LogP contribution in [-0.4, -0.2) is 14.3 Å². The molecule has 0 aliphatic rings. The zero-order valence-corrected chi connectivity index (χ0v) is 15.0. The molecule has 5 nitrogen and oxygen atoms in total. The predicted octanol–water partition coefficient (Wildman–Crippen LogP) is 4.05. The number of rotatable bonds is 5. The van der Waals surface area contributed by atoms with Gasteiger partial charge in [-0.25, -0.2) is 8.42 Å². The maximum absolute atomic E-state index is 12.5. The van der Waals surface area contributed by atoms with Crippen molar-refractivity contribution in [2.24, 2.45) is 0 Å². The first kappa shape index (κ1) is 17.7. The number of sulfonamides is 1. The lowest BCUT2D eigenvalue weighted by molar-refractivity contribution is 0.102. The van der Waals surface area contributed by atoms with E-state index in [2.05, 4.69) is 10.0 Å². The molecule has 0 spiro atoms. The van der Waals surface area contributed by atoms with Gasteiger partial charge in [-0.1, -0.05) is 36.4 Å². The molecule has 0 aliphatic carbocycles. The summed E-state index contributed by atoms with van der Waals surface area (Å²) >= 11 is 0. The van der Waals surface area contributed by atoms with Crippen LogP contribution in [0.4, 0.5) is 11.4 Å². The summed E-state index contributed by atoms with van der Waals surface area (Å²) in [6.45, 7) is 1.75. The van der Waals surface area contributed by atoms with Crippen LogP contribution in [0.3, 0.4) is 0 Å². The first-order valence-corrected chi connectivity index (χ1v) is 9.49. The van der Waals surface area contributed by atoms with Crippen LogP contribution < -0.4 is 10.0 Å². The molecule has 0 atom stereocenters. The first-order chi connectivity index (χ1) is 12.5. The lowest BCUT2D eigenvalue weighted by atomic mass is 10.1. The normalized spacial score (nSPS) is 11.0. The van der Waals surface area contributed by atoms with E-state index in [1.165, 1.54) is 12.1 Å². The van der Waals surface area contributed by atoms with Crippen molar-refractivity contribution in [2.75, 3.05) is 10.0 Å². The molecule has 0 radical (unpaired) electrons. The van der Waals surface area contributed by atoms with E-state index in [9.17, 15) is 13.2 Å². The van der Waals surface area contributed by atoms with Crippen molar-refractivity contribution in [3.63, 3.8) is 0 Å². The van der Waals surface area contributed by atoms with E-state index >= 15 is 0 Å². The van der Waals surface area contributed by atoms with Crippen LogP contribution >= 0.6 is 0 Å². The van der Waals surface area contributed by atoms with E-state index in [1.54, 1.807) is 61.5 Å². The van der Waals surface area contributed by atoms with Gasteiger partial charge < -0.3 is 5.32 Å². The molecule has 0 saturated carbocycles. The van der Waals surface area contributed by atoms with Crippen molar-refractivity contribution in [1.29, 1.82) is 0 Å². The summed E-state index contributed by atoms with van der Waals surface area (Å²) in [4.78, 5) is 12.4. The molecule has 0 bridgehead atoms. The molecule has 1 amide bonds. The van der Waals surface area contributed by atoms with Crippen molar-refractivity contribution < 1.29 is 13.2 Å². The van der Waals surface area contributed by atoms with Gasteiger partial charge in [-0.3, -0.25) is 9.52 Å². The van der Waals surface area contributed by atoms with E-state index < -0.39 is 10.0 Å². The molecule has 26 heavy (non-hydrogen) atoms. The zero-order chi connectivity index (χ0) is 18.6. The molecule has 0 saturated heterocycles. The second-order valence-electron chi connectivity index (χ2n) is 5.77. The molecule has 2 N–H and O–H groups in total. The molecule has 3 aromatic carbocycles. The molecule has 132 valence electrons. The summed E-state index contributed by atoms with van der Waals surface area (Å²) in [5.41, 5.74) is 2.25. The van der Waals surface area contributed by atoms with E-state index in [0.29, 0.717) is 22.5 Å². The molecular weight excluding hydrogens is 348 g/mol. The largest absolute Gasteiger partial charge is 0.322 e. The van der Waals surface area contributed by atoms with Crippen LogP contribution in [0.2, 0.25) is 0 Å². The van der Waals surface area contributed by atoms with Gasteiger partial charge in [0.25, 0.3) is 15.9 Å². The number of amides is 1. The van der Waals surface area contributed by atoms with Gasteiger partial charge >= 0.3 is 0 Å². The van der Waals surface area contributed by atoms with E-state index in [1.807, 2.05) is 12.1 Å². The number of aryl methyl sites for hydroxylation is 1. The van der Waals surface area contributed by atoms with Crippen LogP contribution in [0.5, 0.6) is 0 Å². The molecule has 0 heterocycles. The Morgan fingerprint density at radius 2 is 1.46 bits per heavy atom. The topological polar surface area (TPSA) is 75.3 Å². The third-order valence-electron chi connectivity index (χ3n) is 3.82. The van der Waals surface area contributed by atoms with Gasteiger partial charge in [0, 0.05) is 16.9 Å². The molecule has 3 aromatic rings. The molecule has 3 rings (SSSR count). The average molecular weight is 366 g/mol. The van der Waals surface area contributed by atoms with Gasteiger partial charge in [0.15, 0.2) is 0 Å². The molecule has 6 heteroatoms. The van der Waals surface area contributed by atoms with Crippen molar-refractivity contribution in [3.8, 4) is 0 Å². The summed E-state index contributed by atoms with van der Waals surface area (Å²) in [5.74, 6) is -0.244. The Morgan fingerprint density at radius 1 is 0.846 bits per heavy atom. The second-order valence-corrected chi connectivity index (χ2v) is 7.45. The third-order valence-corrected chi connectivity index (χ3v) is 5.20. The number of carbonyl (C=O) groups excluding carboxylic acids is 1. The van der Waals surface area contributed by atoms with Crippen molar-refractivity contribution in [1.82, 2.24) is 0 Å². The highest BCUT2D eigenvalue weighted by atomic mass is 32.2. The summed E-state index contributed by atoms with van der Waals surface area (Å²) < 4.78 is 27.6. The van der Waals surface area contributed by atoms with E-state index in [4.69, 9.17) is 0 Å². The van der Waals surface area contributed by atoms with Crippen LogP contribution in [0.15, 0.2) is 83.8 Å². The average Bonchev–Trinajstić information content (AvgIpc) is 2.64. The summed E-state index contributed by atoms with van der Waals surface area (Å²) in [6, 6.07) is 22.1. The number of hydrogen-bond donors (Lipinski definition) is 2. The summed E-state index contributed by atoms with van der Waals surface area (Å²) in [5, 5.41) is 2.80. The van der Waals surface area contributed by atoms with E-state index in [-0.39, 0.29) is 10.8 Å². The lowest BCUT2D eigenvalue weighted by Crippen LogP contribution is -2.15. The van der Waals surface area contributed by atoms with Crippen LogP contribution in [0.25, 0.3) is 0 Å². The van der Waals surface area contributed by atoms with Gasteiger partial charge in [-0.15, -0.1) is 0 Å². The fourth-order valence-electron chi connectivity index (χ4n) is 2.45. The van der Waals surface area contributed by atoms with Gasteiger partial charge in [0.05, 0.1) is 4.90 Å². The number of nitrogens with one attached hydrogen (secondary N) is 2. The second kappa shape index (κ2) is 7.41. The van der Waals surface area contributed by atoms with Gasteiger partial charge in [0.2, 0.25) is 0 Å². The zero-order valence-electron chi connectivity index (χ0n) is 14.1. The number of benzene rings is 3. The molecule has 0 aromatic heterocycles. The number of hydrogen-bond acceptors (Lipinski definition) is 3. The summed E-state index contributed by atoms with van der Waals surface area (Å²) in [6.07, 6.45) is 0. The molecule has 0 fully saturated rings. The summed E-state index contributed by atoms with van der Waals surface area (Å²) in [7, 11) is -3.70.